The van der Waals surface area contributed by atoms with Gasteiger partial charge in [0.05, 0.1) is 5.69 Å². The average molecular weight is 452 g/mol. The molecule has 0 aliphatic carbocycles. The van der Waals surface area contributed by atoms with Crippen molar-refractivity contribution in [3.63, 3.8) is 0 Å². The van der Waals surface area contributed by atoms with Crippen LogP contribution < -0.4 is 15.1 Å². The number of thiocarbonyl (C=S) groups is 1. The van der Waals surface area contributed by atoms with Crippen molar-refractivity contribution in [1.82, 2.24) is 5.32 Å². The fourth-order valence-corrected chi connectivity index (χ4v) is 5.15. The number of nitrogens with one attached hydrogen (secondary N) is 1. The maximum atomic E-state index is 14.3. The lowest BCUT2D eigenvalue weighted by Gasteiger charge is -2.47. The summed E-state index contributed by atoms with van der Waals surface area (Å²) < 4.78 is 14.3. The summed E-state index contributed by atoms with van der Waals surface area (Å²) in [5.41, 5.74) is 3.08. The first-order valence-electron chi connectivity index (χ1n) is 10.7. The van der Waals surface area contributed by atoms with Crippen molar-refractivity contribution >= 4 is 46.6 Å². The molecule has 2 heterocycles. The number of nitrogens with zero attached hydrogens (tertiary/aromatic N) is 2. The Bertz CT molecular complexity index is 1160. The molecule has 2 aliphatic rings. The first-order valence-corrected chi connectivity index (χ1v) is 11.1. The van der Waals surface area contributed by atoms with Crippen LogP contribution in [-0.2, 0) is 9.59 Å². The first-order chi connectivity index (χ1) is 15.1. The molecule has 1 atom stereocenters. The second-order valence-corrected chi connectivity index (χ2v) is 9.28. The summed E-state index contributed by atoms with van der Waals surface area (Å²) >= 11 is 5.16. The largest absolute Gasteiger partial charge is 0.366 e. The van der Waals surface area contributed by atoms with E-state index in [1.54, 1.807) is 12.1 Å². The fraction of sp³-hybridized carbons (Fsp3) is 0.320. The van der Waals surface area contributed by atoms with Gasteiger partial charge in [0.1, 0.15) is 11.4 Å². The molecule has 2 aliphatic heterocycles. The smallest absolute Gasteiger partial charge is 0.270 e. The van der Waals surface area contributed by atoms with E-state index in [1.807, 2.05) is 18.2 Å². The molecule has 0 bridgehead atoms. The van der Waals surface area contributed by atoms with E-state index >= 15 is 0 Å². The number of fused-ring (bicyclic) bond motifs is 1. The Kier molecular flexibility index (Phi) is 5.63. The molecule has 2 amide bonds. The Morgan fingerprint density at radius 2 is 1.91 bits per heavy atom. The Morgan fingerprint density at radius 1 is 1.19 bits per heavy atom. The third-order valence-electron chi connectivity index (χ3n) is 6.23. The number of benzene rings is 2. The first kappa shape index (κ1) is 22.1. The Hall–Kier alpha value is -3.06. The highest BCUT2D eigenvalue weighted by molar-refractivity contribution is 7.80. The Morgan fingerprint density at radius 3 is 2.59 bits per heavy atom. The number of para-hydroxylation sites is 1. The van der Waals surface area contributed by atoms with Gasteiger partial charge in [-0.25, -0.2) is 9.29 Å². The SMILES string of the molecule is CCN1c2ccc(/C=C3\C(=O)NC(=S)N(c4ccccc4F)C3=O)cc2C(C)CC1(C)C. The van der Waals surface area contributed by atoms with Crippen molar-refractivity contribution in [3.8, 4) is 0 Å². The minimum atomic E-state index is -0.647. The van der Waals surface area contributed by atoms with Crippen LogP contribution in [0.15, 0.2) is 48.0 Å². The van der Waals surface area contributed by atoms with Gasteiger partial charge in [-0.05, 0) is 86.8 Å². The minimum absolute atomic E-state index is 0.00767. The van der Waals surface area contributed by atoms with Gasteiger partial charge >= 0.3 is 0 Å². The molecule has 0 spiro atoms. The summed E-state index contributed by atoms with van der Waals surface area (Å²) in [6, 6.07) is 11.8. The predicted molar refractivity (Wildman–Crippen MR) is 129 cm³/mol. The summed E-state index contributed by atoms with van der Waals surface area (Å²) in [6.07, 6.45) is 2.55. The number of carbonyl (C=O) groups is 2. The summed E-state index contributed by atoms with van der Waals surface area (Å²) in [7, 11) is 0. The van der Waals surface area contributed by atoms with Gasteiger partial charge in [0, 0.05) is 17.8 Å². The zero-order chi connectivity index (χ0) is 23.2. The fourth-order valence-electron chi connectivity index (χ4n) is 4.87. The van der Waals surface area contributed by atoms with E-state index in [2.05, 4.69) is 37.9 Å². The van der Waals surface area contributed by atoms with Crippen molar-refractivity contribution in [2.45, 2.75) is 45.6 Å². The van der Waals surface area contributed by atoms with Crippen molar-refractivity contribution in [1.29, 1.82) is 0 Å². The molecule has 0 radical (unpaired) electrons. The number of hydrogen-bond acceptors (Lipinski definition) is 4. The quantitative estimate of drug-likeness (QED) is 0.415. The van der Waals surface area contributed by atoms with Gasteiger partial charge in [-0.15, -0.1) is 0 Å². The van der Waals surface area contributed by atoms with Crippen molar-refractivity contribution in [2.24, 2.45) is 0 Å². The number of anilines is 2. The third kappa shape index (κ3) is 3.71. The molecule has 5 nitrogen and oxygen atoms in total. The molecular formula is C25H26FN3O2S. The molecule has 2 aromatic rings. The van der Waals surface area contributed by atoms with Crippen LogP contribution >= 0.6 is 12.2 Å². The number of hydrogen-bond donors (Lipinski definition) is 1. The van der Waals surface area contributed by atoms with E-state index in [0.717, 1.165) is 23.4 Å². The molecule has 7 heteroatoms. The van der Waals surface area contributed by atoms with Crippen LogP contribution in [0, 0.1) is 5.82 Å². The van der Waals surface area contributed by atoms with E-state index in [9.17, 15) is 14.0 Å². The second kappa shape index (κ2) is 8.13. The summed E-state index contributed by atoms with van der Waals surface area (Å²) in [5, 5.41) is 2.37. The number of carbonyl (C=O) groups excluding carboxylic acids is 2. The summed E-state index contributed by atoms with van der Waals surface area (Å²) in [6.45, 7) is 9.72. The molecular weight excluding hydrogens is 425 g/mol. The van der Waals surface area contributed by atoms with Crippen molar-refractivity contribution in [2.75, 3.05) is 16.3 Å². The van der Waals surface area contributed by atoms with E-state index in [0.29, 0.717) is 5.92 Å². The van der Waals surface area contributed by atoms with Gasteiger partial charge in [0.25, 0.3) is 11.8 Å². The summed E-state index contributed by atoms with van der Waals surface area (Å²) in [5.74, 6) is -1.50. The van der Waals surface area contributed by atoms with Crippen molar-refractivity contribution < 1.29 is 14.0 Å². The average Bonchev–Trinajstić information content (AvgIpc) is 2.72. The van der Waals surface area contributed by atoms with Crippen LogP contribution in [-0.4, -0.2) is 29.0 Å². The molecule has 32 heavy (non-hydrogen) atoms. The van der Waals surface area contributed by atoms with Gasteiger partial charge in [0.15, 0.2) is 5.11 Å². The highest BCUT2D eigenvalue weighted by atomic mass is 32.1. The van der Waals surface area contributed by atoms with E-state index in [-0.39, 0.29) is 21.9 Å². The van der Waals surface area contributed by atoms with Gasteiger partial charge in [-0.1, -0.05) is 25.1 Å². The second-order valence-electron chi connectivity index (χ2n) is 8.89. The van der Waals surface area contributed by atoms with Crippen LogP contribution in [0.3, 0.4) is 0 Å². The number of halogens is 1. The maximum absolute atomic E-state index is 14.3. The highest BCUT2D eigenvalue weighted by Crippen LogP contribution is 2.43. The molecule has 166 valence electrons. The molecule has 1 unspecified atom stereocenters. The minimum Gasteiger partial charge on any atom is -0.366 e. The van der Waals surface area contributed by atoms with E-state index in [1.165, 1.54) is 29.4 Å². The monoisotopic (exact) mass is 451 g/mol. The summed E-state index contributed by atoms with van der Waals surface area (Å²) in [4.78, 5) is 29.2. The molecule has 1 fully saturated rings. The molecule has 4 rings (SSSR count). The van der Waals surface area contributed by atoms with Crippen LogP contribution in [0.1, 0.15) is 51.2 Å². The highest BCUT2D eigenvalue weighted by Gasteiger charge is 2.37. The van der Waals surface area contributed by atoms with Crippen LogP contribution in [0.25, 0.3) is 6.08 Å². The lowest BCUT2D eigenvalue weighted by atomic mass is 9.79. The standard InChI is InChI=1S/C25H26FN3O2S/c1-5-28-20-11-10-16(12-17(20)15(2)14-25(28,3)4)13-18-22(30)27-24(32)29(23(18)31)21-9-7-6-8-19(21)26/h6-13,15H,5,14H2,1-4H3,(H,27,30,32)/b18-13+. The van der Waals surface area contributed by atoms with Gasteiger partial charge in [-0.3, -0.25) is 14.9 Å². The molecule has 1 N–H and O–H groups in total. The van der Waals surface area contributed by atoms with Crippen molar-refractivity contribution in [3.05, 3.63) is 65.0 Å². The topological polar surface area (TPSA) is 52.7 Å². The van der Waals surface area contributed by atoms with Gasteiger partial charge < -0.3 is 4.90 Å². The van der Waals surface area contributed by atoms with Crippen LogP contribution in [0.4, 0.5) is 15.8 Å². The zero-order valence-corrected chi connectivity index (χ0v) is 19.4. The van der Waals surface area contributed by atoms with E-state index < -0.39 is 17.6 Å². The third-order valence-corrected chi connectivity index (χ3v) is 6.52. The maximum Gasteiger partial charge on any atom is 0.270 e. The lowest BCUT2D eigenvalue weighted by molar-refractivity contribution is -0.122. The number of rotatable bonds is 3. The van der Waals surface area contributed by atoms with Gasteiger partial charge in [0.2, 0.25) is 0 Å². The lowest BCUT2D eigenvalue weighted by Crippen LogP contribution is -2.54. The molecule has 0 saturated carbocycles. The zero-order valence-electron chi connectivity index (χ0n) is 18.6. The van der Waals surface area contributed by atoms with Crippen LogP contribution in [0.5, 0.6) is 0 Å². The Balaban J connectivity index is 1.74. The predicted octanol–water partition coefficient (Wildman–Crippen LogP) is 4.77. The van der Waals surface area contributed by atoms with E-state index in [4.69, 9.17) is 12.2 Å². The molecule has 0 aromatic heterocycles. The van der Waals surface area contributed by atoms with Crippen LogP contribution in [0.2, 0.25) is 0 Å². The number of amides is 2. The molecule has 2 aromatic carbocycles. The normalized spacial score (nSPS) is 21.6. The van der Waals surface area contributed by atoms with Gasteiger partial charge in [-0.2, -0.15) is 0 Å². The Labute approximate surface area is 192 Å². The molecule has 1 saturated heterocycles.